The lowest BCUT2D eigenvalue weighted by atomic mass is 10.2. The van der Waals surface area contributed by atoms with Gasteiger partial charge in [-0.1, -0.05) is 11.6 Å². The van der Waals surface area contributed by atoms with Crippen molar-refractivity contribution in [2.45, 2.75) is 11.8 Å². The Morgan fingerprint density at radius 1 is 1.38 bits per heavy atom. The molecule has 1 heterocycles. The molecule has 0 spiro atoms. The number of pyridine rings is 1. The van der Waals surface area contributed by atoms with E-state index in [9.17, 15) is 8.42 Å². The van der Waals surface area contributed by atoms with E-state index in [1.807, 2.05) is 0 Å². The standard InChI is InChI=1S/C13H14ClN3O3S/c1-8-5-11(12(20-2)6-9(8)14)17-21(18,19)13-7-16-4-3-10(13)15/h3-7,17H,1-2H3,(H2,15,16). The van der Waals surface area contributed by atoms with Gasteiger partial charge in [-0.15, -0.1) is 0 Å². The summed E-state index contributed by atoms with van der Waals surface area (Å²) in [6.45, 7) is 1.76. The Hall–Kier alpha value is -1.99. The second-order valence-electron chi connectivity index (χ2n) is 4.32. The summed E-state index contributed by atoms with van der Waals surface area (Å²) < 4.78 is 32.3. The maximum Gasteiger partial charge on any atom is 0.265 e. The molecule has 2 aromatic rings. The quantitative estimate of drug-likeness (QED) is 0.899. The number of rotatable bonds is 4. The lowest BCUT2D eigenvalue weighted by molar-refractivity contribution is 0.417. The average Bonchev–Trinajstić information content (AvgIpc) is 2.42. The Balaban J connectivity index is 2.47. The highest BCUT2D eigenvalue weighted by Gasteiger charge is 2.20. The Kier molecular flexibility index (Phi) is 4.24. The van der Waals surface area contributed by atoms with Gasteiger partial charge in [0.15, 0.2) is 0 Å². The molecule has 1 aromatic carbocycles. The third-order valence-electron chi connectivity index (χ3n) is 2.83. The van der Waals surface area contributed by atoms with Gasteiger partial charge in [0.05, 0.1) is 18.5 Å². The van der Waals surface area contributed by atoms with Crippen molar-refractivity contribution in [1.29, 1.82) is 0 Å². The number of nitrogens with one attached hydrogen (secondary N) is 1. The van der Waals surface area contributed by atoms with Crippen molar-refractivity contribution in [3.63, 3.8) is 0 Å². The molecule has 0 unspecified atom stereocenters. The zero-order valence-electron chi connectivity index (χ0n) is 11.4. The van der Waals surface area contributed by atoms with E-state index in [-0.39, 0.29) is 16.3 Å². The van der Waals surface area contributed by atoms with E-state index in [0.717, 1.165) is 0 Å². The predicted molar refractivity (Wildman–Crippen MR) is 82.2 cm³/mol. The number of sulfonamides is 1. The number of aromatic nitrogens is 1. The second-order valence-corrected chi connectivity index (χ2v) is 6.38. The van der Waals surface area contributed by atoms with Crippen LogP contribution in [0.4, 0.5) is 11.4 Å². The highest BCUT2D eigenvalue weighted by Crippen LogP contribution is 2.32. The van der Waals surface area contributed by atoms with Crippen LogP contribution >= 0.6 is 11.6 Å². The summed E-state index contributed by atoms with van der Waals surface area (Å²) in [4.78, 5) is 3.68. The van der Waals surface area contributed by atoms with E-state index < -0.39 is 10.0 Å². The van der Waals surface area contributed by atoms with Gasteiger partial charge in [0.25, 0.3) is 10.0 Å². The number of hydrogen-bond donors (Lipinski definition) is 2. The molecule has 3 N–H and O–H groups in total. The van der Waals surface area contributed by atoms with Crippen molar-refractivity contribution >= 4 is 33.0 Å². The zero-order valence-corrected chi connectivity index (χ0v) is 13.0. The number of anilines is 2. The number of nitrogens with zero attached hydrogens (tertiary/aromatic N) is 1. The van der Waals surface area contributed by atoms with Gasteiger partial charge < -0.3 is 10.5 Å². The van der Waals surface area contributed by atoms with E-state index >= 15 is 0 Å². The largest absolute Gasteiger partial charge is 0.495 e. The first kappa shape index (κ1) is 15.4. The minimum atomic E-state index is -3.87. The molecule has 0 saturated heterocycles. The van der Waals surface area contributed by atoms with Crippen LogP contribution in [0.2, 0.25) is 5.02 Å². The average molecular weight is 328 g/mol. The van der Waals surface area contributed by atoms with Crippen molar-refractivity contribution < 1.29 is 13.2 Å². The van der Waals surface area contributed by atoms with E-state index in [1.165, 1.54) is 25.6 Å². The summed E-state index contributed by atoms with van der Waals surface area (Å²) in [5.74, 6) is 0.316. The first-order valence-electron chi connectivity index (χ1n) is 5.91. The first-order chi connectivity index (χ1) is 9.85. The maximum atomic E-state index is 12.4. The van der Waals surface area contributed by atoms with Gasteiger partial charge >= 0.3 is 0 Å². The van der Waals surface area contributed by atoms with E-state index in [0.29, 0.717) is 16.3 Å². The van der Waals surface area contributed by atoms with Crippen LogP contribution in [0.15, 0.2) is 35.5 Å². The van der Waals surface area contributed by atoms with Crippen LogP contribution < -0.4 is 15.2 Å². The molecule has 0 radical (unpaired) electrons. The Morgan fingerprint density at radius 3 is 2.71 bits per heavy atom. The van der Waals surface area contributed by atoms with Crippen LogP contribution in [-0.2, 0) is 10.0 Å². The molecule has 0 aliphatic rings. The molecular formula is C13H14ClN3O3S. The summed E-state index contributed by atoms with van der Waals surface area (Å²) in [5, 5.41) is 0.482. The molecule has 0 bridgehead atoms. The van der Waals surface area contributed by atoms with Crippen molar-refractivity contribution in [2.75, 3.05) is 17.6 Å². The normalized spacial score (nSPS) is 11.2. The topological polar surface area (TPSA) is 94.3 Å². The van der Waals surface area contributed by atoms with Crippen LogP contribution in [0.25, 0.3) is 0 Å². The van der Waals surface area contributed by atoms with Gasteiger partial charge in [0, 0.05) is 23.5 Å². The lowest BCUT2D eigenvalue weighted by Gasteiger charge is -2.14. The molecule has 2 rings (SSSR count). The number of ether oxygens (including phenoxy) is 1. The monoisotopic (exact) mass is 327 g/mol. The fourth-order valence-electron chi connectivity index (χ4n) is 1.73. The molecule has 0 aliphatic heterocycles. The van der Waals surface area contributed by atoms with Crippen molar-refractivity contribution in [3.8, 4) is 5.75 Å². The number of aryl methyl sites for hydroxylation is 1. The number of methoxy groups -OCH3 is 1. The number of hydrogen-bond acceptors (Lipinski definition) is 5. The van der Waals surface area contributed by atoms with Gasteiger partial charge in [-0.3, -0.25) is 9.71 Å². The molecule has 6 nitrogen and oxygen atoms in total. The van der Waals surface area contributed by atoms with Crippen molar-refractivity contribution in [1.82, 2.24) is 4.98 Å². The van der Waals surface area contributed by atoms with Gasteiger partial charge in [0.1, 0.15) is 10.6 Å². The number of benzene rings is 1. The molecule has 1 aromatic heterocycles. The summed E-state index contributed by atoms with van der Waals surface area (Å²) in [6.07, 6.45) is 2.61. The number of halogens is 1. The zero-order chi connectivity index (χ0) is 15.6. The van der Waals surface area contributed by atoms with Gasteiger partial charge in [-0.25, -0.2) is 8.42 Å². The first-order valence-corrected chi connectivity index (χ1v) is 7.77. The van der Waals surface area contributed by atoms with E-state index in [2.05, 4.69) is 9.71 Å². The molecular weight excluding hydrogens is 314 g/mol. The highest BCUT2D eigenvalue weighted by molar-refractivity contribution is 7.92. The van der Waals surface area contributed by atoms with Crippen LogP contribution in [0, 0.1) is 6.92 Å². The van der Waals surface area contributed by atoms with Crippen LogP contribution in [-0.4, -0.2) is 20.5 Å². The molecule has 0 atom stereocenters. The molecule has 8 heteroatoms. The predicted octanol–water partition coefficient (Wildman–Crippen LogP) is 2.44. The van der Waals surface area contributed by atoms with Gasteiger partial charge in [-0.05, 0) is 24.6 Å². The van der Waals surface area contributed by atoms with E-state index in [1.54, 1.807) is 19.1 Å². The maximum absolute atomic E-state index is 12.4. The second kappa shape index (κ2) is 5.79. The third-order valence-corrected chi connectivity index (χ3v) is 4.65. The van der Waals surface area contributed by atoms with Crippen LogP contribution in [0.5, 0.6) is 5.75 Å². The van der Waals surface area contributed by atoms with E-state index in [4.69, 9.17) is 22.1 Å². The summed E-state index contributed by atoms with van der Waals surface area (Å²) in [6, 6.07) is 4.55. The molecule has 0 amide bonds. The minimum absolute atomic E-state index is 0.0975. The van der Waals surface area contributed by atoms with Crippen LogP contribution in [0.3, 0.4) is 0 Å². The van der Waals surface area contributed by atoms with Crippen molar-refractivity contribution in [3.05, 3.63) is 41.2 Å². The summed E-state index contributed by atoms with van der Waals surface area (Å²) in [5.41, 5.74) is 6.78. The Morgan fingerprint density at radius 2 is 2.10 bits per heavy atom. The number of nitrogens with two attached hydrogens (primary N) is 1. The van der Waals surface area contributed by atoms with Gasteiger partial charge in [-0.2, -0.15) is 0 Å². The molecule has 0 saturated carbocycles. The Bertz CT molecular complexity index is 778. The fraction of sp³-hybridized carbons (Fsp3) is 0.154. The molecule has 112 valence electrons. The smallest absolute Gasteiger partial charge is 0.265 e. The summed E-state index contributed by atoms with van der Waals surface area (Å²) in [7, 11) is -2.44. The Labute approximate surface area is 128 Å². The highest BCUT2D eigenvalue weighted by atomic mass is 35.5. The number of nitrogen functional groups attached to an aromatic ring is 1. The third kappa shape index (κ3) is 3.20. The molecule has 21 heavy (non-hydrogen) atoms. The minimum Gasteiger partial charge on any atom is -0.495 e. The van der Waals surface area contributed by atoms with Crippen LogP contribution in [0.1, 0.15) is 5.56 Å². The lowest BCUT2D eigenvalue weighted by Crippen LogP contribution is -2.15. The SMILES string of the molecule is COc1cc(Cl)c(C)cc1NS(=O)(=O)c1cnccc1N. The molecule has 0 aliphatic carbocycles. The fourth-order valence-corrected chi connectivity index (χ4v) is 3.02. The van der Waals surface area contributed by atoms with Crippen molar-refractivity contribution in [2.24, 2.45) is 0 Å². The van der Waals surface area contributed by atoms with Gasteiger partial charge in [0.2, 0.25) is 0 Å². The summed E-state index contributed by atoms with van der Waals surface area (Å²) >= 11 is 5.99. The molecule has 0 fully saturated rings.